The number of terminal acetylenes is 1. The van der Waals surface area contributed by atoms with Gasteiger partial charge in [0.1, 0.15) is 34.2 Å². The number of ether oxygens (including phenoxy) is 2. The van der Waals surface area contributed by atoms with E-state index in [4.69, 9.17) is 20.9 Å². The number of aromatic nitrogens is 3. The smallest absolute Gasteiger partial charge is 0.319 e. The third kappa shape index (κ3) is 6.15. The highest BCUT2D eigenvalue weighted by molar-refractivity contribution is 6.03. The van der Waals surface area contributed by atoms with Crippen molar-refractivity contribution in [3.05, 3.63) is 47.7 Å². The van der Waals surface area contributed by atoms with Gasteiger partial charge in [-0.15, -0.1) is 6.42 Å². The van der Waals surface area contributed by atoms with Crippen LogP contribution in [0.5, 0.6) is 11.8 Å². The fourth-order valence-corrected chi connectivity index (χ4v) is 9.06. The van der Waals surface area contributed by atoms with Crippen LogP contribution < -0.4 is 9.64 Å². The molecule has 2 saturated heterocycles. The van der Waals surface area contributed by atoms with E-state index in [9.17, 15) is 14.6 Å². The predicted octanol–water partition coefficient (Wildman–Crippen LogP) is 6.46. The fourth-order valence-electron chi connectivity index (χ4n) is 9.06. The van der Waals surface area contributed by atoms with Crippen molar-refractivity contribution in [3.8, 4) is 35.4 Å². The zero-order valence-corrected chi connectivity index (χ0v) is 29.5. The number of piperidine rings is 1. The van der Waals surface area contributed by atoms with Gasteiger partial charge in [-0.25, -0.2) is 8.78 Å². The summed E-state index contributed by atoms with van der Waals surface area (Å²) in [5.74, 6) is 1.91. The quantitative estimate of drug-likeness (QED) is 0.211. The third-order valence-corrected chi connectivity index (χ3v) is 11.9. The highest BCUT2D eigenvalue weighted by atomic mass is 19.1. The SMILES string of the molecule is C#Cc1c(F)ccc2cc(O)cc(-c3ncc4c(N5CCOC[C@@](C)(O)C5)nc(OC[C@]56CCC[C@H]5N(C[C@H]5CC5(C)C)CCC6)nc4c3F)c12. The normalized spacial score (nSPS) is 27.7. The molecule has 9 nitrogen and oxygen atoms in total. The van der Waals surface area contributed by atoms with Gasteiger partial charge < -0.3 is 24.6 Å². The van der Waals surface area contributed by atoms with Gasteiger partial charge in [-0.05, 0) is 80.5 Å². The maximum Gasteiger partial charge on any atom is 0.319 e. The fraction of sp³-hybridized carbons (Fsp3) is 0.525. The van der Waals surface area contributed by atoms with Gasteiger partial charge in [0.2, 0.25) is 0 Å². The molecule has 4 heterocycles. The molecular weight excluding hydrogens is 652 g/mol. The van der Waals surface area contributed by atoms with E-state index in [1.54, 1.807) is 6.92 Å². The number of hydrogen-bond donors (Lipinski definition) is 2. The van der Waals surface area contributed by atoms with Crippen molar-refractivity contribution >= 4 is 27.5 Å². The number of hydrogen-bond acceptors (Lipinski definition) is 9. The van der Waals surface area contributed by atoms with Gasteiger partial charge in [-0.2, -0.15) is 9.97 Å². The molecule has 4 fully saturated rings. The number of halogens is 2. The number of phenolic OH excluding ortho intramolecular Hbond substituents is 1. The Morgan fingerprint density at radius 1 is 1.12 bits per heavy atom. The molecule has 2 saturated carbocycles. The van der Waals surface area contributed by atoms with Crippen LogP contribution >= 0.6 is 0 Å². The van der Waals surface area contributed by atoms with Crippen LogP contribution in [0.25, 0.3) is 32.9 Å². The summed E-state index contributed by atoms with van der Waals surface area (Å²) in [5, 5.41) is 22.7. The largest absolute Gasteiger partial charge is 0.508 e. The van der Waals surface area contributed by atoms with Crippen LogP contribution in [0.15, 0.2) is 30.5 Å². The van der Waals surface area contributed by atoms with Gasteiger partial charge in [-0.3, -0.25) is 9.88 Å². The van der Waals surface area contributed by atoms with Crippen molar-refractivity contribution < 1.29 is 28.5 Å². The molecular formula is C40H45F2N5O4. The second-order valence-electron chi connectivity index (χ2n) is 16.2. The molecule has 51 heavy (non-hydrogen) atoms. The van der Waals surface area contributed by atoms with Crippen molar-refractivity contribution in [1.82, 2.24) is 19.9 Å². The van der Waals surface area contributed by atoms with Crippen molar-refractivity contribution in [1.29, 1.82) is 0 Å². The van der Waals surface area contributed by atoms with Gasteiger partial charge in [0.15, 0.2) is 5.82 Å². The molecule has 2 aromatic heterocycles. The van der Waals surface area contributed by atoms with E-state index in [1.807, 2.05) is 4.90 Å². The van der Waals surface area contributed by atoms with E-state index in [1.165, 1.54) is 36.9 Å². The number of fused-ring (bicyclic) bond motifs is 3. The van der Waals surface area contributed by atoms with Crippen LogP contribution in [0.2, 0.25) is 0 Å². The number of benzene rings is 2. The summed E-state index contributed by atoms with van der Waals surface area (Å²) in [4.78, 5) is 18.6. The first-order valence-corrected chi connectivity index (χ1v) is 18.1. The second kappa shape index (κ2) is 12.5. The Bertz CT molecular complexity index is 2060. The first-order chi connectivity index (χ1) is 24.4. The number of nitrogens with zero attached hydrogens (tertiary/aromatic N) is 5. The molecule has 4 aliphatic rings. The maximum atomic E-state index is 17.0. The van der Waals surface area contributed by atoms with E-state index >= 15 is 4.39 Å². The van der Waals surface area contributed by atoms with Gasteiger partial charge in [0.25, 0.3) is 0 Å². The lowest BCUT2D eigenvalue weighted by molar-refractivity contribution is -0.0123. The highest BCUT2D eigenvalue weighted by Crippen LogP contribution is 2.54. The molecule has 2 aliphatic heterocycles. The lowest BCUT2D eigenvalue weighted by Gasteiger charge is -2.46. The minimum atomic E-state index is -1.19. The van der Waals surface area contributed by atoms with Gasteiger partial charge in [0.05, 0.1) is 37.3 Å². The molecule has 4 aromatic rings. The Morgan fingerprint density at radius 3 is 2.71 bits per heavy atom. The Hall–Kier alpha value is -4.11. The first-order valence-electron chi connectivity index (χ1n) is 18.1. The molecule has 0 radical (unpaired) electrons. The van der Waals surface area contributed by atoms with Crippen LogP contribution in [-0.2, 0) is 4.74 Å². The number of likely N-dealkylation sites (tertiary alicyclic amines) is 1. The number of rotatable bonds is 7. The molecule has 2 aromatic carbocycles. The Balaban J connectivity index is 1.22. The van der Waals surface area contributed by atoms with E-state index in [-0.39, 0.29) is 58.1 Å². The predicted molar refractivity (Wildman–Crippen MR) is 192 cm³/mol. The lowest BCUT2D eigenvalue weighted by atomic mass is 9.75. The molecule has 8 rings (SSSR count). The number of β-amino-alcohol motifs (C(OH)–C–C–N with tert-alkyl or cyclic N) is 1. The standard InChI is InChI=1S/C40H45F2N5O4/c1-5-27-30(41)10-9-24-16-26(48)17-28(32(24)27)34-33(42)35-29(19-43-34)36(47-14-15-50-22-39(4,49)21-47)45-37(44-35)51-23-40-11-6-8-31(40)46(13-7-12-40)20-25-18-38(25,2)3/h1,9-10,16-17,19,25,31,48-49H,6-8,11-15,18,20-23H2,2-4H3/t25-,31-,39+,40-/m1/s1. The summed E-state index contributed by atoms with van der Waals surface area (Å²) in [6.45, 7) is 10.1. The van der Waals surface area contributed by atoms with Crippen LogP contribution in [0, 0.1) is 40.7 Å². The van der Waals surface area contributed by atoms with E-state index in [0.717, 1.165) is 51.1 Å². The van der Waals surface area contributed by atoms with Crippen LogP contribution in [-0.4, -0.2) is 87.7 Å². The van der Waals surface area contributed by atoms with Crippen LogP contribution in [0.1, 0.15) is 64.9 Å². The maximum absolute atomic E-state index is 17.0. The minimum Gasteiger partial charge on any atom is -0.508 e. The van der Waals surface area contributed by atoms with Crippen LogP contribution in [0.4, 0.5) is 14.6 Å². The number of anilines is 1. The van der Waals surface area contributed by atoms with Crippen molar-refractivity contribution in [3.63, 3.8) is 0 Å². The number of aromatic hydroxyl groups is 1. The van der Waals surface area contributed by atoms with Crippen molar-refractivity contribution in [2.45, 2.75) is 70.9 Å². The molecule has 11 heteroatoms. The summed E-state index contributed by atoms with van der Waals surface area (Å²) >= 11 is 0. The van der Waals surface area contributed by atoms with E-state index in [2.05, 4.69) is 34.6 Å². The van der Waals surface area contributed by atoms with Gasteiger partial charge >= 0.3 is 6.01 Å². The number of phenols is 1. The molecule has 268 valence electrons. The topological polar surface area (TPSA) is 104 Å². The molecule has 0 unspecified atom stereocenters. The molecule has 2 aliphatic carbocycles. The zero-order valence-electron chi connectivity index (χ0n) is 29.5. The molecule has 0 amide bonds. The van der Waals surface area contributed by atoms with Gasteiger partial charge in [-0.1, -0.05) is 32.3 Å². The van der Waals surface area contributed by atoms with Crippen molar-refractivity contribution in [2.75, 3.05) is 50.9 Å². The van der Waals surface area contributed by atoms with E-state index in [0.29, 0.717) is 47.8 Å². The summed E-state index contributed by atoms with van der Waals surface area (Å²) in [6, 6.07) is 5.94. The average Bonchev–Trinajstić information content (AvgIpc) is 3.53. The zero-order chi connectivity index (χ0) is 35.7. The third-order valence-electron chi connectivity index (χ3n) is 11.9. The highest BCUT2D eigenvalue weighted by Gasteiger charge is 2.52. The van der Waals surface area contributed by atoms with Crippen LogP contribution in [0.3, 0.4) is 0 Å². The monoisotopic (exact) mass is 697 g/mol. The molecule has 2 N–H and O–H groups in total. The summed E-state index contributed by atoms with van der Waals surface area (Å²) in [6.07, 6.45) is 13.9. The molecule has 4 atom stereocenters. The number of aliphatic hydroxyl groups is 1. The Labute approximate surface area is 297 Å². The van der Waals surface area contributed by atoms with Gasteiger partial charge in [0, 0.05) is 41.7 Å². The lowest BCUT2D eigenvalue weighted by Crippen LogP contribution is -2.52. The summed E-state index contributed by atoms with van der Waals surface area (Å²) in [5.41, 5.74) is -0.927. The first kappa shape index (κ1) is 34.0. The second-order valence-corrected chi connectivity index (χ2v) is 16.2. The minimum absolute atomic E-state index is 0.0370. The van der Waals surface area contributed by atoms with Crippen molar-refractivity contribution in [2.24, 2.45) is 16.7 Å². The average molecular weight is 698 g/mol. The Kier molecular flexibility index (Phi) is 8.36. The Morgan fingerprint density at radius 2 is 1.92 bits per heavy atom. The summed E-state index contributed by atoms with van der Waals surface area (Å²) in [7, 11) is 0. The molecule has 0 bridgehead atoms. The summed E-state index contributed by atoms with van der Waals surface area (Å²) < 4.78 is 44.2. The number of pyridine rings is 1. The molecule has 0 spiro atoms. The van der Waals surface area contributed by atoms with E-state index < -0.39 is 17.2 Å².